The summed E-state index contributed by atoms with van der Waals surface area (Å²) < 4.78 is 2.71. The third-order valence-corrected chi connectivity index (χ3v) is 14.5. The van der Waals surface area contributed by atoms with Crippen molar-refractivity contribution in [3.63, 3.8) is 0 Å². The van der Waals surface area contributed by atoms with Gasteiger partial charge in [0.2, 0.25) is 0 Å². The van der Waals surface area contributed by atoms with E-state index in [1.807, 2.05) is 0 Å². The SMILES string of the molecule is C#C[C@@H](c1cccc2ccccc12)c1cn([Si](C(C)C)(C(C)C)C(C)C)c2ccc(C)cc12. The van der Waals surface area contributed by atoms with E-state index >= 15 is 0 Å². The summed E-state index contributed by atoms with van der Waals surface area (Å²) >= 11 is 0. The van der Waals surface area contributed by atoms with Crippen LogP contribution in [0.2, 0.25) is 16.6 Å². The molecule has 0 aliphatic carbocycles. The van der Waals surface area contributed by atoms with Gasteiger partial charge in [-0.3, -0.25) is 0 Å². The third kappa shape index (κ3) is 3.64. The normalized spacial score (nSPS) is 13.4. The first-order chi connectivity index (χ1) is 15.7. The molecule has 4 rings (SSSR count). The Hall–Kier alpha value is -2.76. The molecular weight excluding hydrogens is 414 g/mol. The first-order valence-electron chi connectivity index (χ1n) is 12.3. The van der Waals surface area contributed by atoms with Gasteiger partial charge in [0.1, 0.15) is 0 Å². The van der Waals surface area contributed by atoms with E-state index in [4.69, 9.17) is 6.42 Å². The number of hydrogen-bond donors (Lipinski definition) is 0. The lowest BCUT2D eigenvalue weighted by Gasteiger charge is -2.44. The van der Waals surface area contributed by atoms with E-state index in [9.17, 15) is 0 Å². The van der Waals surface area contributed by atoms with Gasteiger partial charge in [-0.15, -0.1) is 6.42 Å². The molecule has 0 fully saturated rings. The van der Waals surface area contributed by atoms with Gasteiger partial charge >= 0.3 is 0 Å². The van der Waals surface area contributed by atoms with Gasteiger partial charge in [0.25, 0.3) is 0 Å². The van der Waals surface area contributed by atoms with Gasteiger partial charge in [-0.2, -0.15) is 0 Å². The lowest BCUT2D eigenvalue weighted by Crippen LogP contribution is -2.51. The average Bonchev–Trinajstić information content (AvgIpc) is 3.12. The van der Waals surface area contributed by atoms with Crippen LogP contribution in [0.4, 0.5) is 0 Å². The molecule has 4 aromatic rings. The molecule has 0 saturated carbocycles. The molecule has 0 radical (unpaired) electrons. The van der Waals surface area contributed by atoms with Gasteiger partial charge in [0.05, 0.1) is 5.92 Å². The fourth-order valence-electron chi connectivity index (χ4n) is 6.60. The molecule has 2 heteroatoms. The van der Waals surface area contributed by atoms with Crippen molar-refractivity contribution in [3.8, 4) is 12.3 Å². The van der Waals surface area contributed by atoms with E-state index in [0.717, 1.165) is 0 Å². The predicted octanol–water partition coefficient (Wildman–Crippen LogP) is 8.89. The first-order valence-corrected chi connectivity index (χ1v) is 14.5. The fourth-order valence-corrected chi connectivity index (χ4v) is 13.2. The molecule has 1 nitrogen and oxygen atoms in total. The zero-order valence-electron chi connectivity index (χ0n) is 21.2. The van der Waals surface area contributed by atoms with Crippen LogP contribution >= 0.6 is 0 Å². The Morgan fingerprint density at radius 2 is 1.39 bits per heavy atom. The van der Waals surface area contributed by atoms with Gasteiger partial charge in [-0.05, 0) is 57.6 Å². The molecule has 0 aliphatic rings. The van der Waals surface area contributed by atoms with Crippen molar-refractivity contribution in [2.75, 3.05) is 0 Å². The lowest BCUT2D eigenvalue weighted by atomic mass is 9.88. The smallest absolute Gasteiger partial charge is 0.169 e. The number of nitrogens with zero attached hydrogens (tertiary/aromatic N) is 1. The summed E-state index contributed by atoms with van der Waals surface area (Å²) in [4.78, 5) is 0. The Morgan fingerprint density at radius 3 is 2.03 bits per heavy atom. The van der Waals surface area contributed by atoms with Gasteiger partial charge < -0.3 is 4.23 Å². The number of rotatable bonds is 6. The van der Waals surface area contributed by atoms with Crippen molar-refractivity contribution < 1.29 is 0 Å². The monoisotopic (exact) mass is 451 g/mol. The fraction of sp³-hybridized carbons (Fsp3) is 0.355. The Bertz CT molecular complexity index is 1310. The summed E-state index contributed by atoms with van der Waals surface area (Å²) in [5.41, 5.74) is 6.96. The quantitative estimate of drug-likeness (QED) is 0.204. The van der Waals surface area contributed by atoms with Crippen molar-refractivity contribution in [1.82, 2.24) is 4.23 Å². The molecule has 0 bridgehead atoms. The maximum atomic E-state index is 6.31. The van der Waals surface area contributed by atoms with E-state index < -0.39 is 8.24 Å². The molecule has 1 atom stereocenters. The second-order valence-corrected chi connectivity index (χ2v) is 16.2. The third-order valence-electron chi connectivity index (χ3n) is 7.79. The van der Waals surface area contributed by atoms with Gasteiger partial charge in [-0.25, -0.2) is 0 Å². The Labute approximate surface area is 200 Å². The molecule has 0 amide bonds. The zero-order valence-corrected chi connectivity index (χ0v) is 22.2. The number of aryl methyl sites for hydroxylation is 1. The van der Waals surface area contributed by atoms with Crippen LogP contribution in [0.15, 0.2) is 66.9 Å². The largest absolute Gasteiger partial charge is 0.373 e. The van der Waals surface area contributed by atoms with E-state index in [2.05, 4.69) is 125 Å². The molecule has 1 aromatic heterocycles. The highest BCUT2D eigenvalue weighted by molar-refractivity contribution is 6.82. The maximum Gasteiger partial charge on any atom is 0.169 e. The minimum atomic E-state index is -1.93. The summed E-state index contributed by atoms with van der Waals surface area (Å²) in [6.07, 6.45) is 8.75. The van der Waals surface area contributed by atoms with Crippen molar-refractivity contribution in [2.45, 2.75) is 71.0 Å². The molecular formula is C31H37NSi. The lowest BCUT2D eigenvalue weighted by molar-refractivity contribution is 0.771. The number of terminal acetylenes is 1. The number of benzene rings is 3. The minimum absolute atomic E-state index is 0.0835. The highest BCUT2D eigenvalue weighted by Crippen LogP contribution is 2.46. The second-order valence-electron chi connectivity index (χ2n) is 10.5. The van der Waals surface area contributed by atoms with Gasteiger partial charge in [-0.1, -0.05) is 102 Å². The summed E-state index contributed by atoms with van der Waals surface area (Å²) in [5, 5.41) is 3.80. The Balaban J connectivity index is 2.07. The molecule has 0 unspecified atom stereocenters. The molecule has 170 valence electrons. The average molecular weight is 452 g/mol. The highest BCUT2D eigenvalue weighted by atomic mass is 28.3. The molecule has 1 heterocycles. The molecule has 0 saturated heterocycles. The van der Waals surface area contributed by atoms with Crippen molar-refractivity contribution in [3.05, 3.63) is 83.6 Å². The first kappa shape index (κ1) is 23.4. The van der Waals surface area contributed by atoms with Crippen LogP contribution in [-0.4, -0.2) is 12.5 Å². The number of fused-ring (bicyclic) bond motifs is 2. The summed E-state index contributed by atoms with van der Waals surface area (Å²) in [7, 11) is -1.93. The Kier molecular flexibility index (Phi) is 6.30. The van der Waals surface area contributed by atoms with E-state index in [-0.39, 0.29) is 5.92 Å². The predicted molar refractivity (Wildman–Crippen MR) is 148 cm³/mol. The molecule has 3 aromatic carbocycles. The topological polar surface area (TPSA) is 4.93 Å². The van der Waals surface area contributed by atoms with Crippen LogP contribution in [0.5, 0.6) is 0 Å². The Morgan fingerprint density at radius 1 is 0.758 bits per heavy atom. The second kappa shape index (κ2) is 8.88. The van der Waals surface area contributed by atoms with Crippen LogP contribution in [0.1, 0.15) is 64.2 Å². The van der Waals surface area contributed by atoms with Crippen LogP contribution in [-0.2, 0) is 0 Å². The number of aromatic nitrogens is 1. The standard InChI is InChI=1S/C31H37NSi/c1-9-26(28-16-12-14-25-13-10-11-15-27(25)28)30-20-32(31-18-17-24(8)19-29(30)31)33(21(2)3,22(4)5)23(6)7/h1,10-23,26H,2-8H3/t26-/m0/s1. The molecule has 33 heavy (non-hydrogen) atoms. The zero-order chi connectivity index (χ0) is 23.9. The van der Waals surface area contributed by atoms with E-state index in [0.29, 0.717) is 16.6 Å². The minimum Gasteiger partial charge on any atom is -0.373 e. The molecule has 0 N–H and O–H groups in total. The molecule has 0 aliphatic heterocycles. The highest BCUT2D eigenvalue weighted by Gasteiger charge is 2.46. The van der Waals surface area contributed by atoms with E-state index in [1.54, 1.807) is 0 Å². The van der Waals surface area contributed by atoms with Gasteiger partial charge in [0.15, 0.2) is 8.24 Å². The van der Waals surface area contributed by atoms with Crippen LogP contribution in [0.25, 0.3) is 21.7 Å². The summed E-state index contributed by atoms with van der Waals surface area (Å²) in [5.74, 6) is 3.11. The van der Waals surface area contributed by atoms with Crippen molar-refractivity contribution in [2.24, 2.45) is 0 Å². The van der Waals surface area contributed by atoms with Gasteiger partial charge in [0, 0.05) is 17.1 Å². The van der Waals surface area contributed by atoms with Crippen molar-refractivity contribution >= 4 is 29.9 Å². The van der Waals surface area contributed by atoms with Crippen LogP contribution < -0.4 is 0 Å². The maximum absolute atomic E-state index is 6.31. The van der Waals surface area contributed by atoms with Crippen molar-refractivity contribution in [1.29, 1.82) is 0 Å². The van der Waals surface area contributed by atoms with E-state index in [1.165, 1.54) is 38.4 Å². The van der Waals surface area contributed by atoms with Crippen LogP contribution in [0.3, 0.4) is 0 Å². The number of hydrogen-bond acceptors (Lipinski definition) is 0. The summed E-state index contributed by atoms with van der Waals surface area (Å²) in [6, 6.07) is 22.0. The van der Waals surface area contributed by atoms with Crippen LogP contribution in [0, 0.1) is 19.3 Å². The molecule has 0 spiro atoms. The summed E-state index contributed by atoms with van der Waals surface area (Å²) in [6.45, 7) is 16.7.